The zero-order valence-corrected chi connectivity index (χ0v) is 20.0. The highest BCUT2D eigenvalue weighted by molar-refractivity contribution is 7.80. The first-order valence-corrected chi connectivity index (χ1v) is 11.6. The van der Waals surface area contributed by atoms with E-state index < -0.39 is 0 Å². The third-order valence-corrected chi connectivity index (χ3v) is 6.70. The third kappa shape index (κ3) is 4.12. The highest BCUT2D eigenvalue weighted by Gasteiger charge is 2.41. The second kappa shape index (κ2) is 8.96. The van der Waals surface area contributed by atoms with Crippen LogP contribution in [0.15, 0.2) is 79.1 Å². The molecular weight excluding hydrogens is 450 g/mol. The van der Waals surface area contributed by atoms with Gasteiger partial charge in [-0.25, -0.2) is 0 Å². The molecule has 7 heteroatoms. The van der Waals surface area contributed by atoms with E-state index in [1.165, 1.54) is 5.56 Å². The van der Waals surface area contributed by atoms with Gasteiger partial charge in [-0.2, -0.15) is 0 Å². The Hall–Kier alpha value is -3.22. The Morgan fingerprint density at radius 3 is 2.45 bits per heavy atom. The van der Waals surface area contributed by atoms with E-state index in [2.05, 4.69) is 50.7 Å². The van der Waals surface area contributed by atoms with Crippen LogP contribution in [0.2, 0.25) is 5.02 Å². The van der Waals surface area contributed by atoms with Crippen LogP contribution in [-0.2, 0) is 6.54 Å². The summed E-state index contributed by atoms with van der Waals surface area (Å²) in [6.07, 6.45) is 3.64. The molecule has 0 bridgehead atoms. The van der Waals surface area contributed by atoms with Crippen molar-refractivity contribution in [1.82, 2.24) is 24.8 Å². The van der Waals surface area contributed by atoms with E-state index in [9.17, 15) is 0 Å². The first kappa shape index (κ1) is 21.6. The summed E-state index contributed by atoms with van der Waals surface area (Å²) in [5.74, 6) is 0. The van der Waals surface area contributed by atoms with Crippen molar-refractivity contribution in [2.24, 2.45) is 0 Å². The van der Waals surface area contributed by atoms with Crippen LogP contribution in [0.4, 0.5) is 0 Å². The summed E-state index contributed by atoms with van der Waals surface area (Å²) in [7, 11) is 0. The number of halogens is 1. The number of nitrogens with one attached hydrogen (secondary N) is 1. The second-order valence-corrected chi connectivity index (χ2v) is 9.04. The number of nitrogens with zero attached hydrogens (tertiary/aromatic N) is 4. The van der Waals surface area contributed by atoms with E-state index in [0.717, 1.165) is 28.5 Å². The molecule has 4 heterocycles. The summed E-state index contributed by atoms with van der Waals surface area (Å²) in [4.78, 5) is 11.4. The SMILES string of the molecule is Cc1cc([C@H]2[C@@H](c3ccccn3)NC(=S)N2Cc2ccccn2)c(C)n1-c1cccc(Cl)c1. The Kier molecular flexibility index (Phi) is 5.87. The van der Waals surface area contributed by atoms with Crippen LogP contribution >= 0.6 is 23.8 Å². The standard InChI is InChI=1S/C26H24ClN5S/c1-17-14-22(18(2)32(17)21-10-7-8-19(27)15-21)25-24(23-11-4-6-13-29-23)30-26(33)31(25)16-20-9-3-5-12-28-20/h3-15,24-25H,16H2,1-2H3,(H,30,33)/t24-,25+/m1/s1. The molecular formula is C26H24ClN5S. The number of aryl methyl sites for hydroxylation is 1. The van der Waals surface area contributed by atoms with Crippen molar-refractivity contribution in [3.05, 3.63) is 112 Å². The summed E-state index contributed by atoms with van der Waals surface area (Å²) >= 11 is 12.1. The van der Waals surface area contributed by atoms with Gasteiger partial charge in [0.05, 0.1) is 30.0 Å². The van der Waals surface area contributed by atoms with Crippen molar-refractivity contribution in [2.45, 2.75) is 32.5 Å². The number of hydrogen-bond acceptors (Lipinski definition) is 3. The van der Waals surface area contributed by atoms with E-state index in [4.69, 9.17) is 23.8 Å². The van der Waals surface area contributed by atoms with Crippen molar-refractivity contribution in [3.8, 4) is 5.69 Å². The van der Waals surface area contributed by atoms with Gasteiger partial charge in [-0.1, -0.05) is 29.8 Å². The van der Waals surface area contributed by atoms with E-state index in [1.807, 2.05) is 67.0 Å². The number of aromatic nitrogens is 3. The minimum Gasteiger partial charge on any atom is -0.352 e. The normalized spacial score (nSPS) is 17.9. The van der Waals surface area contributed by atoms with Crippen molar-refractivity contribution < 1.29 is 0 Å². The highest BCUT2D eigenvalue weighted by Crippen LogP contribution is 2.42. The lowest BCUT2D eigenvalue weighted by Gasteiger charge is -2.28. The van der Waals surface area contributed by atoms with Crippen LogP contribution in [0.25, 0.3) is 5.69 Å². The fraction of sp³-hybridized carbons (Fsp3) is 0.192. The largest absolute Gasteiger partial charge is 0.352 e. The molecule has 0 radical (unpaired) electrons. The summed E-state index contributed by atoms with van der Waals surface area (Å²) in [6.45, 7) is 4.89. The summed E-state index contributed by atoms with van der Waals surface area (Å²) in [6, 6.07) is 22.0. The predicted molar refractivity (Wildman–Crippen MR) is 135 cm³/mol. The molecule has 1 saturated heterocycles. The number of hydrogen-bond donors (Lipinski definition) is 1. The minimum atomic E-state index is -0.0734. The lowest BCUT2D eigenvalue weighted by atomic mass is 9.96. The van der Waals surface area contributed by atoms with Gasteiger partial charge in [0, 0.05) is 34.5 Å². The summed E-state index contributed by atoms with van der Waals surface area (Å²) in [5.41, 5.74) is 6.46. The van der Waals surface area contributed by atoms with Gasteiger partial charge in [0.2, 0.25) is 0 Å². The zero-order valence-electron chi connectivity index (χ0n) is 18.4. The molecule has 1 fully saturated rings. The van der Waals surface area contributed by atoms with Gasteiger partial charge in [-0.3, -0.25) is 9.97 Å². The van der Waals surface area contributed by atoms with Gasteiger partial charge in [0.15, 0.2) is 5.11 Å². The molecule has 0 aliphatic carbocycles. The van der Waals surface area contributed by atoms with E-state index in [0.29, 0.717) is 16.7 Å². The maximum Gasteiger partial charge on any atom is 0.170 e. The number of thiocarbonyl (C=S) groups is 1. The van der Waals surface area contributed by atoms with Crippen LogP contribution in [0.1, 0.15) is 40.4 Å². The number of rotatable bonds is 5. The average molecular weight is 474 g/mol. The van der Waals surface area contributed by atoms with Crippen molar-refractivity contribution in [3.63, 3.8) is 0 Å². The number of pyridine rings is 2. The Bertz CT molecular complexity index is 1290. The Morgan fingerprint density at radius 1 is 0.970 bits per heavy atom. The molecule has 5 nitrogen and oxygen atoms in total. The van der Waals surface area contributed by atoms with Gasteiger partial charge >= 0.3 is 0 Å². The quantitative estimate of drug-likeness (QED) is 0.376. The molecule has 33 heavy (non-hydrogen) atoms. The Balaban J connectivity index is 1.62. The van der Waals surface area contributed by atoms with Crippen molar-refractivity contribution >= 4 is 28.9 Å². The second-order valence-electron chi connectivity index (χ2n) is 8.22. The van der Waals surface area contributed by atoms with Crippen LogP contribution in [0, 0.1) is 13.8 Å². The van der Waals surface area contributed by atoms with Crippen molar-refractivity contribution in [2.75, 3.05) is 0 Å². The monoisotopic (exact) mass is 473 g/mol. The lowest BCUT2D eigenvalue weighted by molar-refractivity contribution is 0.307. The minimum absolute atomic E-state index is 0.0338. The zero-order chi connectivity index (χ0) is 22.9. The first-order valence-electron chi connectivity index (χ1n) is 10.9. The van der Waals surface area contributed by atoms with Gasteiger partial charge in [-0.05, 0) is 80.2 Å². The Morgan fingerprint density at radius 2 is 1.76 bits per heavy atom. The molecule has 1 aromatic carbocycles. The molecule has 166 valence electrons. The topological polar surface area (TPSA) is 46.0 Å². The molecule has 0 spiro atoms. The van der Waals surface area contributed by atoms with E-state index >= 15 is 0 Å². The molecule has 1 aliphatic rings. The summed E-state index contributed by atoms with van der Waals surface area (Å²) < 4.78 is 2.25. The van der Waals surface area contributed by atoms with Crippen molar-refractivity contribution in [1.29, 1.82) is 0 Å². The maximum atomic E-state index is 6.31. The van der Waals surface area contributed by atoms with Crippen LogP contribution in [0.5, 0.6) is 0 Å². The van der Waals surface area contributed by atoms with Gasteiger partial charge in [0.25, 0.3) is 0 Å². The van der Waals surface area contributed by atoms with E-state index in [-0.39, 0.29) is 12.1 Å². The van der Waals surface area contributed by atoms with E-state index in [1.54, 1.807) is 0 Å². The van der Waals surface area contributed by atoms with Gasteiger partial charge in [0.1, 0.15) is 0 Å². The molecule has 1 aliphatic heterocycles. The summed E-state index contributed by atoms with van der Waals surface area (Å²) in [5, 5.41) is 4.95. The molecule has 2 atom stereocenters. The van der Waals surface area contributed by atoms with Gasteiger partial charge in [-0.15, -0.1) is 0 Å². The highest BCUT2D eigenvalue weighted by atomic mass is 35.5. The lowest BCUT2D eigenvalue weighted by Crippen LogP contribution is -2.29. The smallest absolute Gasteiger partial charge is 0.170 e. The molecule has 0 amide bonds. The van der Waals surface area contributed by atoms with Crippen LogP contribution in [0.3, 0.4) is 0 Å². The molecule has 4 aromatic rings. The fourth-order valence-electron chi connectivity index (χ4n) is 4.68. The predicted octanol–water partition coefficient (Wildman–Crippen LogP) is 5.71. The molecule has 0 saturated carbocycles. The molecule has 5 rings (SSSR count). The number of benzene rings is 1. The molecule has 3 aromatic heterocycles. The van der Waals surface area contributed by atoms with Gasteiger partial charge < -0.3 is 14.8 Å². The molecule has 1 N–H and O–H groups in total. The Labute approximate surface area is 204 Å². The average Bonchev–Trinajstić information content (AvgIpc) is 3.30. The van der Waals surface area contributed by atoms with Crippen LogP contribution in [-0.4, -0.2) is 24.5 Å². The maximum absolute atomic E-state index is 6.31. The third-order valence-electron chi connectivity index (χ3n) is 6.11. The van der Waals surface area contributed by atoms with Crippen LogP contribution < -0.4 is 5.32 Å². The molecule has 0 unspecified atom stereocenters. The fourth-order valence-corrected chi connectivity index (χ4v) is 5.17. The first-order chi connectivity index (χ1) is 16.0.